The molecule has 0 radical (unpaired) electrons. The molecule has 4 aliphatic carbocycles. The Hall–Kier alpha value is -1.25. The fraction of sp³-hybridized carbons (Fsp3) is 0.792. The van der Waals surface area contributed by atoms with Gasteiger partial charge >= 0.3 is 0 Å². The highest BCUT2D eigenvalue weighted by molar-refractivity contribution is 6.17. The first-order chi connectivity index (χ1) is 12.9. The number of carbonyl (C=O) groups is 1. The molecule has 3 saturated carbocycles. The van der Waals surface area contributed by atoms with Crippen LogP contribution >= 0.6 is 0 Å². The average Bonchev–Trinajstić information content (AvgIpc) is 3.29. The number of ketones is 1. The van der Waals surface area contributed by atoms with Gasteiger partial charge in [-0.1, -0.05) is 26.3 Å². The standard InChI is InChI=1S/C24H34N2O/c1-15(22-25-12-13-26-22)19-6-7-20-18-5-4-16-14-17(27)8-10-23(16,2)21(18)9-11-24(19,20)3/h12-15,18-22H,4-11H2,1-3H3/t15?,18?,19-,20?,21?,23+,24-/m1/s1. The van der Waals surface area contributed by atoms with Crippen molar-refractivity contribution in [2.24, 2.45) is 50.4 Å². The summed E-state index contributed by atoms with van der Waals surface area (Å²) in [4.78, 5) is 21.2. The van der Waals surface area contributed by atoms with Crippen molar-refractivity contribution in [2.45, 2.75) is 78.3 Å². The fourth-order valence-electron chi connectivity index (χ4n) is 8.23. The summed E-state index contributed by atoms with van der Waals surface area (Å²) in [5.74, 6) is 4.17. The lowest BCUT2D eigenvalue weighted by Gasteiger charge is -2.58. The predicted molar refractivity (Wildman–Crippen MR) is 110 cm³/mol. The zero-order chi connectivity index (χ0) is 18.8. The molecule has 7 atom stereocenters. The first kappa shape index (κ1) is 17.8. The van der Waals surface area contributed by atoms with Crippen molar-refractivity contribution in [2.75, 3.05) is 0 Å². The maximum atomic E-state index is 12.0. The van der Waals surface area contributed by atoms with Gasteiger partial charge in [-0.2, -0.15) is 0 Å². The molecule has 3 nitrogen and oxygen atoms in total. The van der Waals surface area contributed by atoms with Crippen LogP contribution in [0.1, 0.15) is 72.1 Å². The molecule has 0 bridgehead atoms. The maximum Gasteiger partial charge on any atom is 0.155 e. The van der Waals surface area contributed by atoms with Crippen LogP contribution in [-0.4, -0.2) is 24.4 Å². The van der Waals surface area contributed by atoms with Crippen LogP contribution in [0, 0.1) is 40.4 Å². The summed E-state index contributed by atoms with van der Waals surface area (Å²) in [6, 6.07) is 0. The van der Waals surface area contributed by atoms with Crippen molar-refractivity contribution < 1.29 is 4.79 Å². The van der Waals surface area contributed by atoms with Gasteiger partial charge in [0.15, 0.2) is 5.78 Å². The normalized spacial score (nSPS) is 47.4. The molecule has 1 aliphatic heterocycles. The minimum Gasteiger partial charge on any atom is -0.295 e. The van der Waals surface area contributed by atoms with E-state index in [-0.39, 0.29) is 6.17 Å². The highest BCUT2D eigenvalue weighted by Crippen LogP contribution is 2.67. The molecule has 1 heterocycles. The molecule has 5 rings (SSSR count). The second-order valence-corrected chi connectivity index (χ2v) is 10.6. The van der Waals surface area contributed by atoms with Crippen molar-refractivity contribution in [3.8, 4) is 0 Å². The zero-order valence-electron chi connectivity index (χ0n) is 17.2. The smallest absolute Gasteiger partial charge is 0.155 e. The van der Waals surface area contributed by atoms with E-state index in [0.717, 1.165) is 42.9 Å². The Morgan fingerprint density at radius 3 is 2.56 bits per heavy atom. The third-order valence-electron chi connectivity index (χ3n) is 9.68. The summed E-state index contributed by atoms with van der Waals surface area (Å²) < 4.78 is 0. The lowest BCUT2D eigenvalue weighted by atomic mass is 9.46. The van der Waals surface area contributed by atoms with Gasteiger partial charge in [0.25, 0.3) is 0 Å². The van der Waals surface area contributed by atoms with Crippen LogP contribution < -0.4 is 0 Å². The highest BCUT2D eigenvalue weighted by Gasteiger charge is 2.59. The molecule has 0 aromatic heterocycles. The minimum absolute atomic E-state index is 0.158. The minimum atomic E-state index is 0.158. The van der Waals surface area contributed by atoms with Crippen molar-refractivity contribution in [1.29, 1.82) is 0 Å². The molecule has 5 aliphatic rings. The molecule has 0 amide bonds. The van der Waals surface area contributed by atoms with Crippen molar-refractivity contribution in [1.82, 2.24) is 0 Å². The van der Waals surface area contributed by atoms with Crippen molar-refractivity contribution in [3.63, 3.8) is 0 Å². The molecule has 27 heavy (non-hydrogen) atoms. The molecule has 3 fully saturated rings. The molecule has 0 N–H and O–H groups in total. The number of nitrogens with zero attached hydrogens (tertiary/aromatic N) is 2. The summed E-state index contributed by atoms with van der Waals surface area (Å²) in [5.41, 5.74) is 2.24. The number of rotatable bonds is 2. The van der Waals surface area contributed by atoms with E-state index in [1.165, 1.54) is 37.7 Å². The van der Waals surface area contributed by atoms with Crippen LogP contribution in [-0.2, 0) is 4.79 Å². The fourth-order valence-corrected chi connectivity index (χ4v) is 8.23. The monoisotopic (exact) mass is 366 g/mol. The maximum absolute atomic E-state index is 12.0. The largest absolute Gasteiger partial charge is 0.295 e. The van der Waals surface area contributed by atoms with Gasteiger partial charge in [-0.3, -0.25) is 14.8 Å². The van der Waals surface area contributed by atoms with Gasteiger partial charge in [0.05, 0.1) is 0 Å². The van der Waals surface area contributed by atoms with Gasteiger partial charge in [0.2, 0.25) is 0 Å². The predicted octanol–water partition coefficient (Wildman–Crippen LogP) is 5.25. The Balaban J connectivity index is 1.42. The van der Waals surface area contributed by atoms with E-state index in [9.17, 15) is 4.79 Å². The van der Waals surface area contributed by atoms with Gasteiger partial charge in [0.1, 0.15) is 6.17 Å². The van der Waals surface area contributed by atoms with E-state index < -0.39 is 0 Å². The molecule has 4 unspecified atom stereocenters. The van der Waals surface area contributed by atoms with Crippen LogP contribution in [0.5, 0.6) is 0 Å². The van der Waals surface area contributed by atoms with Crippen LogP contribution in [0.2, 0.25) is 0 Å². The van der Waals surface area contributed by atoms with E-state index in [1.807, 2.05) is 18.5 Å². The second kappa shape index (κ2) is 6.12. The third kappa shape index (κ3) is 2.49. The number of allylic oxidation sites excluding steroid dienone is 1. The van der Waals surface area contributed by atoms with Crippen LogP contribution in [0.4, 0.5) is 0 Å². The number of hydrogen-bond donors (Lipinski definition) is 0. The van der Waals surface area contributed by atoms with E-state index >= 15 is 0 Å². The number of carbonyl (C=O) groups excluding carboxylic acids is 1. The quantitative estimate of drug-likeness (QED) is 0.658. The van der Waals surface area contributed by atoms with Crippen molar-refractivity contribution >= 4 is 18.2 Å². The first-order valence-electron chi connectivity index (χ1n) is 11.2. The van der Waals surface area contributed by atoms with Crippen LogP contribution in [0.3, 0.4) is 0 Å². The van der Waals surface area contributed by atoms with Gasteiger partial charge in [-0.15, -0.1) is 0 Å². The van der Waals surface area contributed by atoms with Gasteiger partial charge in [-0.25, -0.2) is 0 Å². The van der Waals surface area contributed by atoms with Crippen LogP contribution in [0.25, 0.3) is 0 Å². The Morgan fingerprint density at radius 1 is 1.00 bits per heavy atom. The lowest BCUT2D eigenvalue weighted by molar-refractivity contribution is -0.117. The summed E-state index contributed by atoms with van der Waals surface area (Å²) >= 11 is 0. The summed E-state index contributed by atoms with van der Waals surface area (Å²) in [6.07, 6.45) is 15.7. The van der Waals surface area contributed by atoms with Gasteiger partial charge < -0.3 is 0 Å². The molecular weight excluding hydrogens is 332 g/mol. The molecule has 0 aromatic carbocycles. The molecule has 0 spiro atoms. The number of hydrogen-bond acceptors (Lipinski definition) is 3. The second-order valence-electron chi connectivity index (χ2n) is 10.6. The third-order valence-corrected chi connectivity index (χ3v) is 9.68. The topological polar surface area (TPSA) is 41.8 Å². The molecule has 3 heteroatoms. The van der Waals surface area contributed by atoms with E-state index in [0.29, 0.717) is 22.5 Å². The van der Waals surface area contributed by atoms with Gasteiger partial charge in [0, 0.05) is 24.8 Å². The SMILES string of the molecule is CC(C1N=CC=N1)[C@H]1CCC2C3CCC4=CC(=O)CC[C@]4(C)C3CC[C@@]21C. The van der Waals surface area contributed by atoms with E-state index in [2.05, 4.69) is 30.8 Å². The van der Waals surface area contributed by atoms with Crippen LogP contribution in [0.15, 0.2) is 21.6 Å². The Labute approximate surface area is 163 Å². The zero-order valence-corrected chi connectivity index (χ0v) is 17.2. The molecule has 0 aromatic rings. The number of fused-ring (bicyclic) bond motifs is 5. The summed E-state index contributed by atoms with van der Waals surface area (Å²) in [5, 5.41) is 0. The summed E-state index contributed by atoms with van der Waals surface area (Å²) in [6.45, 7) is 7.48. The Bertz CT molecular complexity index is 725. The Kier molecular flexibility index (Phi) is 4.04. The van der Waals surface area contributed by atoms with Crippen molar-refractivity contribution in [3.05, 3.63) is 11.6 Å². The number of aliphatic imine (C=N–C) groups is 2. The van der Waals surface area contributed by atoms with Gasteiger partial charge in [-0.05, 0) is 85.5 Å². The summed E-state index contributed by atoms with van der Waals surface area (Å²) in [7, 11) is 0. The first-order valence-corrected chi connectivity index (χ1v) is 11.2. The molecular formula is C24H34N2O. The lowest BCUT2D eigenvalue weighted by Crippen LogP contribution is -2.51. The molecule has 146 valence electrons. The van der Waals surface area contributed by atoms with E-state index in [1.54, 1.807) is 0 Å². The highest BCUT2D eigenvalue weighted by atomic mass is 16.1. The average molecular weight is 367 g/mol. The molecule has 0 saturated heterocycles. The van der Waals surface area contributed by atoms with E-state index in [4.69, 9.17) is 0 Å². The Morgan fingerprint density at radius 2 is 1.78 bits per heavy atom.